The van der Waals surface area contributed by atoms with Gasteiger partial charge in [0.25, 0.3) is 11.6 Å². The quantitative estimate of drug-likeness (QED) is 0.431. The molecule has 0 bridgehead atoms. The first-order chi connectivity index (χ1) is 14.4. The van der Waals surface area contributed by atoms with Gasteiger partial charge in [0, 0.05) is 19.2 Å². The minimum absolute atomic E-state index is 0.195. The molecule has 156 valence electrons. The zero-order valence-corrected chi connectivity index (χ0v) is 16.3. The van der Waals surface area contributed by atoms with Gasteiger partial charge in [-0.3, -0.25) is 14.9 Å². The predicted molar refractivity (Wildman–Crippen MR) is 105 cm³/mol. The Morgan fingerprint density at radius 2 is 1.80 bits per heavy atom. The maximum absolute atomic E-state index is 12.8. The Morgan fingerprint density at radius 3 is 2.50 bits per heavy atom. The van der Waals surface area contributed by atoms with Crippen LogP contribution in [-0.4, -0.2) is 47.6 Å². The van der Waals surface area contributed by atoms with Crippen molar-refractivity contribution in [2.24, 2.45) is 0 Å². The van der Waals surface area contributed by atoms with Crippen LogP contribution < -0.4 is 9.47 Å². The number of amides is 1. The number of hydrogen-bond acceptors (Lipinski definition) is 7. The Morgan fingerprint density at radius 1 is 1.13 bits per heavy atom. The Kier molecular flexibility index (Phi) is 5.26. The molecule has 9 heteroatoms. The topological polar surface area (TPSA) is 108 Å². The number of rotatable bonds is 4. The number of esters is 1. The van der Waals surface area contributed by atoms with Gasteiger partial charge < -0.3 is 19.1 Å². The van der Waals surface area contributed by atoms with E-state index in [9.17, 15) is 19.7 Å². The highest BCUT2D eigenvalue weighted by Gasteiger charge is 2.31. The lowest BCUT2D eigenvalue weighted by Crippen LogP contribution is -2.42. The van der Waals surface area contributed by atoms with Gasteiger partial charge in [0.05, 0.1) is 11.0 Å². The molecule has 1 amide bonds. The number of benzene rings is 2. The molecule has 4 rings (SSSR count). The first-order valence-corrected chi connectivity index (χ1v) is 9.58. The van der Waals surface area contributed by atoms with Crippen molar-refractivity contribution in [2.45, 2.75) is 26.0 Å². The molecule has 9 nitrogen and oxygen atoms in total. The molecule has 2 aromatic carbocycles. The van der Waals surface area contributed by atoms with E-state index in [0.717, 1.165) is 18.1 Å². The molecule has 2 aliphatic rings. The highest BCUT2D eigenvalue weighted by molar-refractivity contribution is 5.96. The average molecular weight is 412 g/mol. The Bertz CT molecular complexity index is 1020. The van der Waals surface area contributed by atoms with Gasteiger partial charge >= 0.3 is 5.97 Å². The summed E-state index contributed by atoms with van der Waals surface area (Å²) < 4.78 is 16.0. The molecule has 0 saturated heterocycles. The van der Waals surface area contributed by atoms with Crippen LogP contribution in [-0.2, 0) is 22.5 Å². The van der Waals surface area contributed by atoms with Gasteiger partial charge in [-0.25, -0.2) is 4.79 Å². The third-order valence-corrected chi connectivity index (χ3v) is 5.15. The minimum Gasteiger partial charge on any atom is -0.486 e. The van der Waals surface area contributed by atoms with E-state index in [0.29, 0.717) is 13.1 Å². The fourth-order valence-corrected chi connectivity index (χ4v) is 3.61. The lowest BCUT2D eigenvalue weighted by Gasteiger charge is -2.30. The molecular weight excluding hydrogens is 392 g/mol. The van der Waals surface area contributed by atoms with Crippen molar-refractivity contribution >= 4 is 17.6 Å². The van der Waals surface area contributed by atoms with E-state index in [-0.39, 0.29) is 36.2 Å². The Labute approximate surface area is 172 Å². The first-order valence-electron chi connectivity index (χ1n) is 9.58. The molecule has 2 heterocycles. The summed E-state index contributed by atoms with van der Waals surface area (Å²) in [4.78, 5) is 37.8. The highest BCUT2D eigenvalue weighted by Crippen LogP contribution is 2.37. The lowest BCUT2D eigenvalue weighted by atomic mass is 9.99. The smallest absolute Gasteiger partial charge is 0.346 e. The molecule has 0 N–H and O–H groups in total. The van der Waals surface area contributed by atoms with E-state index < -0.39 is 22.7 Å². The van der Waals surface area contributed by atoms with Crippen LogP contribution >= 0.6 is 0 Å². The van der Waals surface area contributed by atoms with Crippen molar-refractivity contribution in [3.05, 3.63) is 63.2 Å². The number of ether oxygens (including phenoxy) is 3. The molecule has 0 aliphatic carbocycles. The summed E-state index contributed by atoms with van der Waals surface area (Å²) in [5, 5.41) is 11.4. The van der Waals surface area contributed by atoms with Crippen LogP contribution in [0, 0.1) is 10.1 Å². The molecule has 0 saturated carbocycles. The summed E-state index contributed by atoms with van der Waals surface area (Å²) in [5.74, 6) is -0.888. The molecule has 2 aromatic rings. The second-order valence-electron chi connectivity index (χ2n) is 7.10. The fourth-order valence-electron chi connectivity index (χ4n) is 3.61. The highest BCUT2D eigenvalue weighted by atomic mass is 16.6. The van der Waals surface area contributed by atoms with Gasteiger partial charge in [-0.1, -0.05) is 24.3 Å². The van der Waals surface area contributed by atoms with Gasteiger partial charge in [0.15, 0.2) is 17.6 Å². The number of carbonyl (C=O) groups is 2. The van der Waals surface area contributed by atoms with Crippen molar-refractivity contribution in [1.82, 2.24) is 4.90 Å². The van der Waals surface area contributed by atoms with Crippen LogP contribution in [0.15, 0.2) is 36.4 Å². The molecule has 0 unspecified atom stereocenters. The second-order valence-corrected chi connectivity index (χ2v) is 7.10. The third kappa shape index (κ3) is 3.78. The summed E-state index contributed by atoms with van der Waals surface area (Å²) in [5.41, 5.74) is 1.50. The van der Waals surface area contributed by atoms with Crippen LogP contribution in [0.2, 0.25) is 0 Å². The number of fused-ring (bicyclic) bond motifs is 2. The summed E-state index contributed by atoms with van der Waals surface area (Å²) in [7, 11) is 0. The normalized spacial score (nSPS) is 15.7. The number of hydrogen-bond donors (Lipinski definition) is 0. The molecule has 0 spiro atoms. The van der Waals surface area contributed by atoms with Gasteiger partial charge in [-0.05, 0) is 24.5 Å². The summed E-state index contributed by atoms with van der Waals surface area (Å²) >= 11 is 0. The zero-order valence-electron chi connectivity index (χ0n) is 16.3. The third-order valence-electron chi connectivity index (χ3n) is 5.15. The van der Waals surface area contributed by atoms with E-state index in [4.69, 9.17) is 14.2 Å². The lowest BCUT2D eigenvalue weighted by molar-refractivity contribution is -0.385. The monoisotopic (exact) mass is 412 g/mol. The Balaban J connectivity index is 1.50. The summed E-state index contributed by atoms with van der Waals surface area (Å²) in [6.45, 7) is 2.94. The Hall–Kier alpha value is -3.62. The maximum Gasteiger partial charge on any atom is 0.346 e. The molecular formula is C21H20N2O7. The van der Waals surface area contributed by atoms with Crippen LogP contribution in [0.5, 0.6) is 11.5 Å². The van der Waals surface area contributed by atoms with Gasteiger partial charge in [-0.15, -0.1) is 0 Å². The maximum atomic E-state index is 12.8. The van der Waals surface area contributed by atoms with Gasteiger partial charge in [0.2, 0.25) is 0 Å². The van der Waals surface area contributed by atoms with Crippen LogP contribution in [0.1, 0.15) is 28.4 Å². The SMILES string of the molecule is C[C@@H](OC(=O)c1cc2c(cc1[N+](=O)[O-])OCCO2)C(=O)N1CCc2ccccc2C1. The van der Waals surface area contributed by atoms with Crippen LogP contribution in [0.3, 0.4) is 0 Å². The van der Waals surface area contributed by atoms with E-state index in [1.165, 1.54) is 18.6 Å². The average Bonchev–Trinajstić information content (AvgIpc) is 2.77. The molecule has 2 aliphatic heterocycles. The fraction of sp³-hybridized carbons (Fsp3) is 0.333. The molecule has 30 heavy (non-hydrogen) atoms. The van der Waals surface area contributed by atoms with E-state index in [2.05, 4.69) is 0 Å². The van der Waals surface area contributed by atoms with Crippen molar-refractivity contribution in [3.8, 4) is 11.5 Å². The molecule has 0 radical (unpaired) electrons. The van der Waals surface area contributed by atoms with Crippen molar-refractivity contribution in [3.63, 3.8) is 0 Å². The number of nitrogens with zero attached hydrogens (tertiary/aromatic N) is 2. The predicted octanol–water partition coefficient (Wildman–Crippen LogP) is 2.50. The molecule has 1 atom stereocenters. The van der Waals surface area contributed by atoms with Gasteiger partial charge in [-0.2, -0.15) is 0 Å². The number of nitro groups is 1. The number of nitro benzene ring substituents is 1. The van der Waals surface area contributed by atoms with E-state index in [1.807, 2.05) is 24.3 Å². The van der Waals surface area contributed by atoms with Crippen molar-refractivity contribution < 1.29 is 28.7 Å². The second kappa shape index (κ2) is 8.02. The zero-order chi connectivity index (χ0) is 21.3. The van der Waals surface area contributed by atoms with Crippen molar-refractivity contribution in [2.75, 3.05) is 19.8 Å². The first kappa shape index (κ1) is 19.7. The largest absolute Gasteiger partial charge is 0.486 e. The van der Waals surface area contributed by atoms with Crippen LogP contribution in [0.4, 0.5) is 5.69 Å². The summed E-state index contributed by atoms with van der Waals surface area (Å²) in [6, 6.07) is 10.2. The van der Waals surface area contributed by atoms with Crippen molar-refractivity contribution in [1.29, 1.82) is 0 Å². The molecule has 0 aromatic heterocycles. The van der Waals surface area contributed by atoms with E-state index >= 15 is 0 Å². The number of carbonyl (C=O) groups excluding carboxylic acids is 2. The van der Waals surface area contributed by atoms with Crippen LogP contribution in [0.25, 0.3) is 0 Å². The van der Waals surface area contributed by atoms with E-state index in [1.54, 1.807) is 4.90 Å². The molecule has 0 fully saturated rings. The summed E-state index contributed by atoms with van der Waals surface area (Å²) in [6.07, 6.45) is -0.369. The van der Waals surface area contributed by atoms with Gasteiger partial charge in [0.1, 0.15) is 18.8 Å². The standard InChI is InChI=1S/C21H20N2O7/c1-13(20(24)22-7-6-14-4-2-3-5-15(14)12-22)30-21(25)16-10-18-19(29-9-8-28-18)11-17(16)23(26)27/h2-5,10-11,13H,6-9,12H2,1H3/t13-/m1/s1. The minimum atomic E-state index is -1.09.